The second-order valence-corrected chi connectivity index (χ2v) is 4.96. The zero-order valence-corrected chi connectivity index (χ0v) is 12.6. The largest absolute Gasteiger partial charge is 0.468 e. The Labute approximate surface area is 116 Å². The molecule has 0 rings (SSSR count). The van der Waals surface area contributed by atoms with Crippen LogP contribution in [0.2, 0.25) is 0 Å². The molecule has 19 heavy (non-hydrogen) atoms. The first-order valence-corrected chi connectivity index (χ1v) is 7.05. The van der Waals surface area contributed by atoms with E-state index >= 15 is 0 Å². The summed E-state index contributed by atoms with van der Waals surface area (Å²) in [6.45, 7) is 7.16. The molecule has 0 aromatic carbocycles. The second kappa shape index (κ2) is 9.78. The van der Waals surface area contributed by atoms with Gasteiger partial charge in [-0.05, 0) is 18.9 Å². The predicted octanol–water partition coefficient (Wildman–Crippen LogP) is 1.41. The molecule has 0 aliphatic rings. The third-order valence-electron chi connectivity index (χ3n) is 3.51. The van der Waals surface area contributed by atoms with E-state index in [-0.39, 0.29) is 24.3 Å². The van der Waals surface area contributed by atoms with Gasteiger partial charge in [0, 0.05) is 12.5 Å². The summed E-state index contributed by atoms with van der Waals surface area (Å²) in [5, 5.41) is 0. The number of methoxy groups -OCH3 is 1. The van der Waals surface area contributed by atoms with Crippen LogP contribution in [0, 0.1) is 11.8 Å². The van der Waals surface area contributed by atoms with Crippen LogP contribution >= 0.6 is 0 Å². The molecule has 5 heteroatoms. The number of amides is 1. The number of nitrogens with zero attached hydrogens (tertiary/aromatic N) is 1. The van der Waals surface area contributed by atoms with Crippen LogP contribution in [0.25, 0.3) is 0 Å². The predicted molar refractivity (Wildman–Crippen MR) is 75.5 cm³/mol. The molecule has 1 atom stereocenters. The number of esters is 1. The number of carbonyl (C=O) groups excluding carboxylic acids is 2. The van der Waals surface area contributed by atoms with Crippen molar-refractivity contribution in [2.75, 3.05) is 26.7 Å². The maximum absolute atomic E-state index is 12.3. The third kappa shape index (κ3) is 6.57. The molecule has 1 unspecified atom stereocenters. The molecule has 0 bridgehead atoms. The van der Waals surface area contributed by atoms with E-state index in [2.05, 4.69) is 18.6 Å². The van der Waals surface area contributed by atoms with E-state index in [0.29, 0.717) is 25.4 Å². The van der Waals surface area contributed by atoms with Gasteiger partial charge in [-0.1, -0.05) is 33.6 Å². The lowest BCUT2D eigenvalue weighted by Gasteiger charge is -2.28. The maximum Gasteiger partial charge on any atom is 0.325 e. The first-order valence-electron chi connectivity index (χ1n) is 7.05. The van der Waals surface area contributed by atoms with Crippen molar-refractivity contribution in [1.29, 1.82) is 0 Å². The fraction of sp³-hybridized carbons (Fsp3) is 0.857. The van der Waals surface area contributed by atoms with Crippen molar-refractivity contribution in [3.63, 3.8) is 0 Å². The molecule has 0 aromatic heterocycles. The van der Waals surface area contributed by atoms with Crippen LogP contribution in [0.3, 0.4) is 0 Å². The highest BCUT2D eigenvalue weighted by Crippen LogP contribution is 2.14. The van der Waals surface area contributed by atoms with E-state index < -0.39 is 0 Å². The Bertz CT molecular complexity index is 278. The van der Waals surface area contributed by atoms with Gasteiger partial charge in [0.1, 0.15) is 6.54 Å². The maximum atomic E-state index is 12.3. The molecule has 2 N–H and O–H groups in total. The number of rotatable bonds is 9. The summed E-state index contributed by atoms with van der Waals surface area (Å²) in [6, 6.07) is 0. The molecule has 0 saturated carbocycles. The molecule has 0 radical (unpaired) electrons. The zero-order chi connectivity index (χ0) is 14.8. The van der Waals surface area contributed by atoms with E-state index in [0.717, 1.165) is 12.8 Å². The molecule has 0 saturated heterocycles. The average molecular weight is 272 g/mol. The van der Waals surface area contributed by atoms with Crippen molar-refractivity contribution in [1.82, 2.24) is 4.90 Å². The lowest BCUT2D eigenvalue weighted by molar-refractivity contribution is -0.148. The molecule has 0 spiro atoms. The van der Waals surface area contributed by atoms with Gasteiger partial charge in [0.25, 0.3) is 0 Å². The summed E-state index contributed by atoms with van der Waals surface area (Å²) >= 11 is 0. The monoisotopic (exact) mass is 272 g/mol. The summed E-state index contributed by atoms with van der Waals surface area (Å²) in [6.07, 6.45) is 2.62. The van der Waals surface area contributed by atoms with Crippen LogP contribution in [0.5, 0.6) is 0 Å². The van der Waals surface area contributed by atoms with Gasteiger partial charge in [0.2, 0.25) is 5.91 Å². The van der Waals surface area contributed by atoms with E-state index in [1.807, 2.05) is 6.92 Å². The van der Waals surface area contributed by atoms with Gasteiger partial charge in [0.05, 0.1) is 7.11 Å². The summed E-state index contributed by atoms with van der Waals surface area (Å²) < 4.78 is 4.66. The summed E-state index contributed by atoms with van der Waals surface area (Å²) in [5.74, 6) is -0.121. The first kappa shape index (κ1) is 17.9. The van der Waals surface area contributed by atoms with Crippen LogP contribution in [0.4, 0.5) is 0 Å². The fourth-order valence-corrected chi connectivity index (χ4v) is 2.00. The Balaban J connectivity index is 4.73. The SMILES string of the molecule is CCC(CC)CN(CC(=O)OC)C(=O)C(C)CCN. The van der Waals surface area contributed by atoms with Gasteiger partial charge >= 0.3 is 5.97 Å². The highest BCUT2D eigenvalue weighted by Gasteiger charge is 2.24. The van der Waals surface area contributed by atoms with Crippen molar-refractivity contribution in [3.8, 4) is 0 Å². The number of hydrogen-bond donors (Lipinski definition) is 1. The first-order chi connectivity index (χ1) is 8.99. The standard InChI is InChI=1S/C14H28N2O3/c1-5-12(6-2)9-16(10-13(17)19-4)14(18)11(3)7-8-15/h11-12H,5-10,15H2,1-4H3. The van der Waals surface area contributed by atoms with E-state index in [1.54, 1.807) is 4.90 Å². The van der Waals surface area contributed by atoms with Crippen molar-refractivity contribution in [2.45, 2.75) is 40.0 Å². The summed E-state index contributed by atoms with van der Waals surface area (Å²) in [4.78, 5) is 25.4. The van der Waals surface area contributed by atoms with Gasteiger partial charge in [-0.2, -0.15) is 0 Å². The number of nitrogens with two attached hydrogens (primary N) is 1. The molecule has 0 aromatic rings. The molecule has 112 valence electrons. The normalized spacial score (nSPS) is 12.3. The van der Waals surface area contributed by atoms with Crippen molar-refractivity contribution >= 4 is 11.9 Å². The Morgan fingerprint density at radius 2 is 1.84 bits per heavy atom. The molecule has 5 nitrogen and oxygen atoms in total. The highest BCUT2D eigenvalue weighted by atomic mass is 16.5. The van der Waals surface area contributed by atoms with Gasteiger partial charge < -0.3 is 15.4 Å². The Kier molecular flexibility index (Phi) is 9.21. The fourth-order valence-electron chi connectivity index (χ4n) is 2.00. The number of hydrogen-bond acceptors (Lipinski definition) is 4. The second-order valence-electron chi connectivity index (χ2n) is 4.96. The molecule has 0 aliphatic heterocycles. The summed E-state index contributed by atoms with van der Waals surface area (Å²) in [7, 11) is 1.34. The Morgan fingerprint density at radius 3 is 2.26 bits per heavy atom. The van der Waals surface area contributed by atoms with Gasteiger partial charge in [-0.15, -0.1) is 0 Å². The lowest BCUT2D eigenvalue weighted by Crippen LogP contribution is -2.42. The molecule has 1 amide bonds. The Morgan fingerprint density at radius 1 is 1.26 bits per heavy atom. The average Bonchev–Trinajstić information content (AvgIpc) is 2.42. The van der Waals surface area contributed by atoms with Crippen LogP contribution in [0.15, 0.2) is 0 Å². The van der Waals surface area contributed by atoms with E-state index in [1.165, 1.54) is 7.11 Å². The third-order valence-corrected chi connectivity index (χ3v) is 3.51. The van der Waals surface area contributed by atoms with Crippen molar-refractivity contribution in [2.24, 2.45) is 17.6 Å². The quantitative estimate of drug-likeness (QED) is 0.644. The minimum atomic E-state index is -0.376. The number of ether oxygens (including phenoxy) is 1. The summed E-state index contributed by atoms with van der Waals surface area (Å²) in [5.41, 5.74) is 5.49. The van der Waals surface area contributed by atoms with Crippen LogP contribution < -0.4 is 5.73 Å². The molecular formula is C14H28N2O3. The van der Waals surface area contributed by atoms with Gasteiger partial charge in [-0.3, -0.25) is 9.59 Å². The minimum Gasteiger partial charge on any atom is -0.468 e. The Hall–Kier alpha value is -1.10. The smallest absolute Gasteiger partial charge is 0.325 e. The van der Waals surface area contributed by atoms with E-state index in [4.69, 9.17) is 5.73 Å². The molecule has 0 aliphatic carbocycles. The molecule has 0 heterocycles. The lowest BCUT2D eigenvalue weighted by atomic mass is 10.0. The van der Waals surface area contributed by atoms with E-state index in [9.17, 15) is 9.59 Å². The zero-order valence-electron chi connectivity index (χ0n) is 12.6. The van der Waals surface area contributed by atoms with Crippen LogP contribution in [-0.4, -0.2) is 43.5 Å². The molecule has 0 fully saturated rings. The topological polar surface area (TPSA) is 72.6 Å². The molecular weight excluding hydrogens is 244 g/mol. The highest BCUT2D eigenvalue weighted by molar-refractivity contribution is 5.83. The number of carbonyl (C=O) groups is 2. The van der Waals surface area contributed by atoms with Crippen LogP contribution in [0.1, 0.15) is 40.0 Å². The van der Waals surface area contributed by atoms with Crippen LogP contribution in [-0.2, 0) is 14.3 Å². The van der Waals surface area contributed by atoms with Gasteiger partial charge in [0.15, 0.2) is 0 Å². The van der Waals surface area contributed by atoms with Crippen molar-refractivity contribution < 1.29 is 14.3 Å². The minimum absolute atomic E-state index is 0.0113. The van der Waals surface area contributed by atoms with Gasteiger partial charge in [-0.25, -0.2) is 0 Å². The van der Waals surface area contributed by atoms with Crippen molar-refractivity contribution in [3.05, 3.63) is 0 Å².